The molecule has 1 aromatic carbocycles. The molecule has 0 radical (unpaired) electrons. The summed E-state index contributed by atoms with van der Waals surface area (Å²) in [4.78, 5) is 15.6. The second kappa shape index (κ2) is 8.28. The third-order valence-electron chi connectivity index (χ3n) is 4.64. The molecule has 2 aromatic rings. The van der Waals surface area contributed by atoms with Crippen molar-refractivity contribution in [3.05, 3.63) is 51.4 Å². The van der Waals surface area contributed by atoms with Gasteiger partial charge in [0.05, 0.1) is 21.3 Å². The Bertz CT molecular complexity index is 935. The van der Waals surface area contributed by atoms with Crippen molar-refractivity contribution in [3.63, 3.8) is 0 Å². The van der Waals surface area contributed by atoms with Gasteiger partial charge in [0.25, 0.3) is 0 Å². The number of carbonyl (C=O) groups excluding carboxylic acids is 1. The van der Waals surface area contributed by atoms with Crippen LogP contribution in [0.1, 0.15) is 20.8 Å². The molecule has 0 saturated carbocycles. The molecule has 0 amide bonds. The molecule has 0 aliphatic carbocycles. The van der Waals surface area contributed by atoms with E-state index in [2.05, 4.69) is 4.90 Å². The number of ketones is 1. The quantitative estimate of drug-likeness (QED) is 0.715. The lowest BCUT2D eigenvalue weighted by Crippen LogP contribution is -2.47. The number of piperazine rings is 1. The van der Waals surface area contributed by atoms with Crippen molar-refractivity contribution in [2.45, 2.75) is 6.42 Å². The average Bonchev–Trinajstić information content (AvgIpc) is 3.01. The summed E-state index contributed by atoms with van der Waals surface area (Å²) in [6.07, 6.45) is 0.333. The predicted molar refractivity (Wildman–Crippen MR) is 110 cm³/mol. The van der Waals surface area contributed by atoms with E-state index in [9.17, 15) is 13.2 Å². The van der Waals surface area contributed by atoms with E-state index in [0.29, 0.717) is 40.7 Å². The van der Waals surface area contributed by atoms with Crippen molar-refractivity contribution < 1.29 is 13.2 Å². The zero-order valence-electron chi connectivity index (χ0n) is 15.0. The van der Waals surface area contributed by atoms with Crippen LogP contribution in [0.4, 0.5) is 5.00 Å². The van der Waals surface area contributed by atoms with Gasteiger partial charge in [0.15, 0.2) is 5.78 Å². The van der Waals surface area contributed by atoms with Crippen LogP contribution in [0, 0.1) is 0 Å². The normalized spacial score (nSPS) is 16.5. The summed E-state index contributed by atoms with van der Waals surface area (Å²) in [5.41, 5.74) is 6.78. The van der Waals surface area contributed by atoms with Gasteiger partial charge < -0.3 is 10.6 Å². The Morgan fingerprint density at radius 1 is 1.19 bits per heavy atom. The highest BCUT2D eigenvalue weighted by Gasteiger charge is 2.26. The molecule has 0 spiro atoms. The van der Waals surface area contributed by atoms with E-state index in [-0.39, 0.29) is 11.5 Å². The van der Waals surface area contributed by atoms with Gasteiger partial charge in [-0.2, -0.15) is 4.31 Å². The van der Waals surface area contributed by atoms with Crippen molar-refractivity contribution in [2.75, 3.05) is 44.7 Å². The molecule has 9 heteroatoms. The number of thiophene rings is 1. The molecule has 27 heavy (non-hydrogen) atoms. The fourth-order valence-electron chi connectivity index (χ4n) is 2.97. The number of rotatable bonds is 6. The van der Waals surface area contributed by atoms with Crippen LogP contribution < -0.4 is 5.73 Å². The molecule has 0 atom stereocenters. The molecule has 6 nitrogen and oxygen atoms in total. The van der Waals surface area contributed by atoms with Crippen LogP contribution in [0.5, 0.6) is 0 Å². The number of nitrogens with two attached hydrogens (primary N) is 1. The topological polar surface area (TPSA) is 83.7 Å². The number of hydrogen-bond acceptors (Lipinski definition) is 6. The van der Waals surface area contributed by atoms with Crippen molar-refractivity contribution in [1.82, 2.24) is 9.21 Å². The van der Waals surface area contributed by atoms with Gasteiger partial charge in [-0.1, -0.05) is 23.7 Å². The fraction of sp³-hybridized carbons (Fsp3) is 0.389. The fourth-order valence-corrected chi connectivity index (χ4v) is 5.71. The Labute approximate surface area is 168 Å². The van der Waals surface area contributed by atoms with E-state index in [1.165, 1.54) is 11.3 Å². The van der Waals surface area contributed by atoms with Crippen molar-refractivity contribution >= 4 is 43.7 Å². The van der Waals surface area contributed by atoms with E-state index < -0.39 is 10.0 Å². The van der Waals surface area contributed by atoms with Gasteiger partial charge in [-0.15, -0.1) is 11.3 Å². The number of sulfonamides is 1. The number of aryl methyl sites for hydroxylation is 1. The molecule has 2 heterocycles. The molecule has 1 aliphatic rings. The first-order chi connectivity index (χ1) is 12.8. The summed E-state index contributed by atoms with van der Waals surface area (Å²) in [5.74, 6) is -0.237. The van der Waals surface area contributed by atoms with Gasteiger partial charge in [-0.05, 0) is 31.7 Å². The SMILES string of the molecule is CN1CCN(S(=O)(=O)CCc2cc(C(=O)c3ccccc3Cl)c(N)s2)CC1. The summed E-state index contributed by atoms with van der Waals surface area (Å²) in [6.45, 7) is 2.51. The first kappa shape index (κ1) is 20.3. The maximum Gasteiger partial charge on any atom is 0.214 e. The van der Waals surface area contributed by atoms with Crippen LogP contribution in [-0.2, 0) is 16.4 Å². The first-order valence-corrected chi connectivity index (χ1v) is 11.4. The van der Waals surface area contributed by atoms with Gasteiger partial charge in [0.2, 0.25) is 10.0 Å². The Balaban J connectivity index is 1.70. The van der Waals surface area contributed by atoms with Crippen LogP contribution in [0.25, 0.3) is 0 Å². The van der Waals surface area contributed by atoms with Gasteiger partial charge in [-0.3, -0.25) is 4.79 Å². The minimum absolute atomic E-state index is 0.0103. The Morgan fingerprint density at radius 2 is 1.85 bits per heavy atom. The van der Waals surface area contributed by atoms with Crippen LogP contribution in [0.15, 0.2) is 30.3 Å². The second-order valence-corrected chi connectivity index (χ2v) is 10.2. The second-order valence-electron chi connectivity index (χ2n) is 6.57. The molecule has 1 aromatic heterocycles. The van der Waals surface area contributed by atoms with E-state index >= 15 is 0 Å². The zero-order valence-corrected chi connectivity index (χ0v) is 17.4. The number of anilines is 1. The number of hydrogen-bond donors (Lipinski definition) is 1. The summed E-state index contributed by atoms with van der Waals surface area (Å²) in [5, 5.41) is 0.749. The van der Waals surface area contributed by atoms with Gasteiger partial charge in [0, 0.05) is 36.6 Å². The molecule has 0 bridgehead atoms. The van der Waals surface area contributed by atoms with Gasteiger partial charge in [-0.25, -0.2) is 8.42 Å². The molecule has 146 valence electrons. The molecule has 0 unspecified atom stereocenters. The predicted octanol–water partition coefficient (Wildman–Crippen LogP) is 2.33. The lowest BCUT2D eigenvalue weighted by Gasteiger charge is -2.31. The number of carbonyl (C=O) groups is 1. The molecule has 1 aliphatic heterocycles. The lowest BCUT2D eigenvalue weighted by atomic mass is 10.0. The standard InChI is InChI=1S/C18H22ClN3O3S2/c1-21-7-9-22(10-8-21)27(24,25)11-6-13-12-15(18(20)26-13)17(23)14-4-2-3-5-16(14)19/h2-5,12H,6-11,20H2,1H3. The molecular formula is C18H22ClN3O3S2. The largest absolute Gasteiger partial charge is 0.390 e. The van der Waals surface area contributed by atoms with Crippen LogP contribution in [0.2, 0.25) is 5.02 Å². The molecule has 2 N–H and O–H groups in total. The minimum Gasteiger partial charge on any atom is -0.390 e. The minimum atomic E-state index is -3.32. The van der Waals surface area contributed by atoms with Gasteiger partial charge >= 0.3 is 0 Å². The van der Waals surface area contributed by atoms with E-state index in [1.54, 1.807) is 34.6 Å². The lowest BCUT2D eigenvalue weighted by molar-refractivity contribution is 0.104. The van der Waals surface area contributed by atoms with Crippen molar-refractivity contribution in [1.29, 1.82) is 0 Å². The highest BCUT2D eigenvalue weighted by molar-refractivity contribution is 7.89. The zero-order chi connectivity index (χ0) is 19.6. The highest BCUT2D eigenvalue weighted by Crippen LogP contribution is 2.30. The first-order valence-electron chi connectivity index (χ1n) is 8.61. The van der Waals surface area contributed by atoms with E-state index in [1.807, 2.05) is 7.05 Å². The van der Waals surface area contributed by atoms with E-state index in [0.717, 1.165) is 18.0 Å². The Morgan fingerprint density at radius 3 is 2.52 bits per heavy atom. The summed E-state index contributed by atoms with van der Waals surface area (Å²) in [7, 11) is -1.34. The maximum atomic E-state index is 12.7. The van der Waals surface area contributed by atoms with Crippen LogP contribution in [-0.4, -0.2) is 62.4 Å². The monoisotopic (exact) mass is 427 g/mol. The third kappa shape index (κ3) is 4.70. The average molecular weight is 428 g/mol. The number of halogens is 1. The summed E-state index contributed by atoms with van der Waals surface area (Å²) >= 11 is 7.35. The van der Waals surface area contributed by atoms with Crippen LogP contribution in [0.3, 0.4) is 0 Å². The van der Waals surface area contributed by atoms with Gasteiger partial charge in [0.1, 0.15) is 0 Å². The highest BCUT2D eigenvalue weighted by atomic mass is 35.5. The number of nitrogens with zero attached hydrogens (tertiary/aromatic N) is 2. The van der Waals surface area contributed by atoms with Crippen LogP contribution >= 0.6 is 22.9 Å². The number of nitrogen functional groups attached to an aromatic ring is 1. The Hall–Kier alpha value is -1.45. The summed E-state index contributed by atoms with van der Waals surface area (Å²) in [6, 6.07) is 8.49. The molecular weight excluding hydrogens is 406 g/mol. The molecule has 1 fully saturated rings. The molecule has 1 saturated heterocycles. The molecule has 3 rings (SSSR count). The third-order valence-corrected chi connectivity index (χ3v) is 7.86. The maximum absolute atomic E-state index is 12.7. The van der Waals surface area contributed by atoms with Crippen molar-refractivity contribution in [2.24, 2.45) is 0 Å². The van der Waals surface area contributed by atoms with E-state index in [4.69, 9.17) is 17.3 Å². The Kier molecular flexibility index (Phi) is 6.22. The summed E-state index contributed by atoms with van der Waals surface area (Å²) < 4.78 is 26.6. The smallest absolute Gasteiger partial charge is 0.214 e. The number of likely N-dealkylation sites (N-methyl/N-ethyl adjacent to an activating group) is 1. The van der Waals surface area contributed by atoms with Crippen molar-refractivity contribution in [3.8, 4) is 0 Å². The number of benzene rings is 1.